The predicted octanol–water partition coefficient (Wildman–Crippen LogP) is 3.52. The topological polar surface area (TPSA) is 34.1 Å². The van der Waals surface area contributed by atoms with Crippen molar-refractivity contribution in [3.63, 3.8) is 0 Å². The zero-order chi connectivity index (χ0) is 13.8. The van der Waals surface area contributed by atoms with E-state index in [4.69, 9.17) is 0 Å². The molecule has 0 atom stereocenters. The first-order chi connectivity index (χ1) is 8.82. The molecule has 0 N–H and O–H groups in total. The Hall–Kier alpha value is -1.82. The SMILES string of the molecule is O=S(=O)(c1[c]ccc2c3ccc(cc3)c12)C(F)(F)F. The Bertz CT molecular complexity index is 846. The lowest BCUT2D eigenvalue weighted by atomic mass is 10.00. The maximum Gasteiger partial charge on any atom is 0.501 e. The van der Waals surface area contributed by atoms with Gasteiger partial charge in [0.1, 0.15) is 0 Å². The molecule has 0 saturated carbocycles. The van der Waals surface area contributed by atoms with Gasteiger partial charge in [-0.05, 0) is 16.2 Å². The third-order valence-electron chi connectivity index (χ3n) is 3.02. The molecule has 0 fully saturated rings. The predicted molar refractivity (Wildman–Crippen MR) is 64.7 cm³/mol. The number of benzene rings is 4. The van der Waals surface area contributed by atoms with Crippen LogP contribution in [0.25, 0.3) is 21.5 Å². The van der Waals surface area contributed by atoms with E-state index in [1.54, 1.807) is 30.3 Å². The van der Waals surface area contributed by atoms with E-state index in [0.29, 0.717) is 16.2 Å². The molecule has 97 valence electrons. The van der Waals surface area contributed by atoms with Gasteiger partial charge in [-0.15, -0.1) is 0 Å². The number of hydrogen-bond donors (Lipinski definition) is 0. The largest absolute Gasteiger partial charge is 0.501 e. The monoisotopic (exact) mass is 283 g/mol. The lowest BCUT2D eigenvalue weighted by molar-refractivity contribution is -0.0435. The van der Waals surface area contributed by atoms with Crippen LogP contribution in [0.2, 0.25) is 0 Å². The van der Waals surface area contributed by atoms with E-state index in [-0.39, 0.29) is 5.39 Å². The smallest absolute Gasteiger partial charge is 0.214 e. The van der Waals surface area contributed by atoms with Gasteiger partial charge in [0.2, 0.25) is 0 Å². The van der Waals surface area contributed by atoms with Crippen molar-refractivity contribution in [1.29, 1.82) is 0 Å². The fourth-order valence-electron chi connectivity index (χ4n) is 2.15. The van der Waals surface area contributed by atoms with Crippen LogP contribution in [-0.2, 0) is 9.84 Å². The highest BCUT2D eigenvalue weighted by Crippen LogP contribution is 2.38. The van der Waals surface area contributed by atoms with Crippen molar-refractivity contribution in [1.82, 2.24) is 0 Å². The Balaban J connectivity index is 2.49. The summed E-state index contributed by atoms with van der Waals surface area (Å²) in [5.74, 6) is 0. The van der Waals surface area contributed by atoms with Crippen molar-refractivity contribution >= 4 is 31.4 Å². The highest BCUT2D eigenvalue weighted by Gasteiger charge is 2.47. The zero-order valence-electron chi connectivity index (χ0n) is 9.32. The van der Waals surface area contributed by atoms with Gasteiger partial charge in [-0.25, -0.2) is 8.42 Å². The molecule has 0 heterocycles. The summed E-state index contributed by atoms with van der Waals surface area (Å²) in [5.41, 5.74) is -5.33. The van der Waals surface area contributed by atoms with Crippen LogP contribution in [-0.4, -0.2) is 13.9 Å². The van der Waals surface area contributed by atoms with E-state index >= 15 is 0 Å². The molecule has 0 aliphatic rings. The summed E-state index contributed by atoms with van der Waals surface area (Å²) in [4.78, 5) is -0.807. The number of sulfone groups is 1. The summed E-state index contributed by atoms with van der Waals surface area (Å²) in [6.45, 7) is 0. The number of alkyl halides is 3. The third-order valence-corrected chi connectivity index (χ3v) is 4.49. The minimum Gasteiger partial charge on any atom is -0.214 e. The fraction of sp³-hybridized carbons (Fsp3) is 0.0769. The summed E-state index contributed by atoms with van der Waals surface area (Å²) in [5, 5.41) is 1.71. The van der Waals surface area contributed by atoms with Crippen LogP contribution < -0.4 is 0 Å². The van der Waals surface area contributed by atoms with E-state index in [0.717, 1.165) is 0 Å². The van der Waals surface area contributed by atoms with E-state index in [1.165, 1.54) is 6.07 Å². The maximum atomic E-state index is 12.7. The first-order valence-corrected chi connectivity index (χ1v) is 6.77. The summed E-state index contributed by atoms with van der Waals surface area (Å²) < 4.78 is 61.2. The minimum atomic E-state index is -5.40. The second kappa shape index (κ2) is 3.60. The molecular formula is C13H6F3O2S. The highest BCUT2D eigenvalue weighted by molar-refractivity contribution is 7.92. The molecular weight excluding hydrogens is 277 g/mol. The Morgan fingerprint density at radius 3 is 2.11 bits per heavy atom. The van der Waals surface area contributed by atoms with Gasteiger partial charge >= 0.3 is 5.51 Å². The average molecular weight is 283 g/mol. The van der Waals surface area contributed by atoms with E-state index in [1.807, 2.05) is 0 Å². The van der Waals surface area contributed by atoms with Crippen molar-refractivity contribution in [2.24, 2.45) is 0 Å². The molecule has 0 amide bonds. The number of fused-ring (bicyclic) bond motifs is 2. The fourth-order valence-corrected chi connectivity index (χ4v) is 3.10. The molecule has 1 radical (unpaired) electrons. The summed E-state index contributed by atoms with van der Waals surface area (Å²) >= 11 is 0. The minimum absolute atomic E-state index is 0.0832. The van der Waals surface area contributed by atoms with Gasteiger partial charge in [-0.1, -0.05) is 36.4 Å². The van der Waals surface area contributed by atoms with E-state index in [2.05, 4.69) is 6.07 Å². The van der Waals surface area contributed by atoms with Crippen molar-refractivity contribution in [2.45, 2.75) is 10.4 Å². The normalized spacial score (nSPS) is 13.4. The van der Waals surface area contributed by atoms with Gasteiger partial charge < -0.3 is 0 Å². The second-order valence-electron chi connectivity index (χ2n) is 4.12. The molecule has 4 aromatic rings. The van der Waals surface area contributed by atoms with Gasteiger partial charge in [0, 0.05) is 11.5 Å². The molecule has 19 heavy (non-hydrogen) atoms. The summed E-state index contributed by atoms with van der Waals surface area (Å²) in [6.07, 6.45) is 0. The maximum absolute atomic E-state index is 12.7. The molecule has 0 aromatic heterocycles. The zero-order valence-corrected chi connectivity index (χ0v) is 10.1. The van der Waals surface area contributed by atoms with Crippen molar-refractivity contribution in [3.8, 4) is 0 Å². The molecule has 0 saturated heterocycles. The molecule has 2 bridgehead atoms. The standard InChI is InChI=1S/C13H6F3O2S/c14-13(15,16)19(17,18)11-3-1-2-10-8-4-6-9(7-5-8)12(10)11/h1-2,4-7H. The molecule has 2 nitrogen and oxygen atoms in total. The third kappa shape index (κ3) is 1.59. The number of rotatable bonds is 1. The van der Waals surface area contributed by atoms with Crippen LogP contribution >= 0.6 is 0 Å². The Labute approximate surface area is 106 Å². The van der Waals surface area contributed by atoms with Crippen molar-refractivity contribution in [2.75, 3.05) is 0 Å². The number of halogens is 3. The van der Waals surface area contributed by atoms with E-state index in [9.17, 15) is 21.6 Å². The van der Waals surface area contributed by atoms with Crippen molar-refractivity contribution in [3.05, 3.63) is 42.5 Å². The number of hydrogen-bond acceptors (Lipinski definition) is 2. The summed E-state index contributed by atoms with van der Waals surface area (Å²) in [7, 11) is -5.40. The Morgan fingerprint density at radius 1 is 0.947 bits per heavy atom. The average Bonchev–Trinajstić information content (AvgIpc) is 2.38. The first kappa shape index (κ1) is 12.2. The van der Waals surface area contributed by atoms with Crippen molar-refractivity contribution < 1.29 is 21.6 Å². The Kier molecular flexibility index (Phi) is 2.32. The van der Waals surface area contributed by atoms with E-state index < -0.39 is 20.2 Å². The molecule has 0 unspecified atom stereocenters. The van der Waals surface area contributed by atoms with Crippen LogP contribution in [0.15, 0.2) is 41.3 Å². The van der Waals surface area contributed by atoms with Crippen LogP contribution in [0.4, 0.5) is 13.2 Å². The van der Waals surface area contributed by atoms with Gasteiger partial charge in [0.15, 0.2) is 0 Å². The van der Waals surface area contributed by atoms with Gasteiger partial charge in [0.05, 0.1) is 4.90 Å². The van der Waals surface area contributed by atoms with Gasteiger partial charge in [0.25, 0.3) is 9.84 Å². The molecule has 4 aromatic carbocycles. The lowest BCUT2D eigenvalue weighted by Crippen LogP contribution is -2.23. The second-order valence-corrected chi connectivity index (χ2v) is 6.00. The molecule has 0 aliphatic carbocycles. The van der Waals surface area contributed by atoms with Crippen LogP contribution in [0.5, 0.6) is 0 Å². The summed E-state index contributed by atoms with van der Waals surface area (Å²) in [6, 6.07) is 11.7. The van der Waals surface area contributed by atoms with Crippen LogP contribution in [0.3, 0.4) is 0 Å². The molecule has 4 rings (SSSR count). The molecule has 0 aliphatic heterocycles. The lowest BCUT2D eigenvalue weighted by Gasteiger charge is -2.13. The Morgan fingerprint density at radius 2 is 1.53 bits per heavy atom. The first-order valence-electron chi connectivity index (χ1n) is 5.29. The molecule has 6 heteroatoms. The quantitative estimate of drug-likeness (QED) is 0.684. The van der Waals surface area contributed by atoms with Gasteiger partial charge in [-0.2, -0.15) is 13.2 Å². The van der Waals surface area contributed by atoms with Crippen LogP contribution in [0.1, 0.15) is 0 Å². The highest BCUT2D eigenvalue weighted by atomic mass is 32.2. The van der Waals surface area contributed by atoms with Gasteiger partial charge in [-0.3, -0.25) is 0 Å². The van der Waals surface area contributed by atoms with Crippen LogP contribution in [0, 0.1) is 6.07 Å². The molecule has 0 spiro atoms.